The van der Waals surface area contributed by atoms with Crippen molar-refractivity contribution in [3.63, 3.8) is 0 Å². The molecule has 1 N–H and O–H groups in total. The topological polar surface area (TPSA) is 25.0 Å². The summed E-state index contributed by atoms with van der Waals surface area (Å²) in [6.07, 6.45) is 1.90. The van der Waals surface area contributed by atoms with Gasteiger partial charge in [0.25, 0.3) is 0 Å². The molecule has 0 bridgehead atoms. The maximum Gasteiger partial charge on any atom is 0.142 e. The lowest BCUT2D eigenvalue weighted by atomic mass is 10.1. The van der Waals surface area contributed by atoms with Crippen LogP contribution in [0.4, 0.5) is 0 Å². The van der Waals surface area contributed by atoms with Crippen molar-refractivity contribution in [1.29, 1.82) is 0 Å². The Labute approximate surface area is 91.0 Å². The summed E-state index contributed by atoms with van der Waals surface area (Å²) in [6, 6.07) is 9.96. The molecule has 0 aliphatic heterocycles. The van der Waals surface area contributed by atoms with Crippen molar-refractivity contribution < 1.29 is 4.74 Å². The normalized spacial score (nSPS) is 10.1. The Bertz CT molecular complexity index is 423. The molecule has 0 atom stereocenters. The van der Waals surface area contributed by atoms with Crippen LogP contribution in [0.5, 0.6) is 5.75 Å². The molecular formula is C11H10BrNO. The monoisotopic (exact) mass is 251 g/mol. The highest BCUT2D eigenvalue weighted by atomic mass is 79.9. The van der Waals surface area contributed by atoms with Crippen molar-refractivity contribution in [2.75, 3.05) is 7.11 Å². The first-order chi connectivity index (χ1) is 6.83. The zero-order chi connectivity index (χ0) is 9.97. The van der Waals surface area contributed by atoms with Gasteiger partial charge in [-0.2, -0.15) is 0 Å². The lowest BCUT2D eigenvalue weighted by Crippen LogP contribution is -1.88. The molecule has 0 radical (unpaired) electrons. The number of ether oxygens (including phenoxy) is 1. The van der Waals surface area contributed by atoms with Gasteiger partial charge in [0, 0.05) is 17.5 Å². The van der Waals surface area contributed by atoms with E-state index in [1.54, 1.807) is 7.11 Å². The smallest absolute Gasteiger partial charge is 0.142 e. The van der Waals surface area contributed by atoms with Crippen LogP contribution in [0.25, 0.3) is 11.3 Å². The van der Waals surface area contributed by atoms with Crippen LogP contribution in [-0.2, 0) is 0 Å². The molecule has 0 spiro atoms. The maximum atomic E-state index is 5.33. The highest BCUT2D eigenvalue weighted by Crippen LogP contribution is 2.34. The summed E-state index contributed by atoms with van der Waals surface area (Å²) >= 11 is 3.45. The summed E-state index contributed by atoms with van der Waals surface area (Å²) in [5.74, 6) is 0.856. The zero-order valence-corrected chi connectivity index (χ0v) is 9.34. The molecule has 2 rings (SSSR count). The summed E-state index contributed by atoms with van der Waals surface area (Å²) < 4.78 is 6.30. The molecule has 2 aromatic rings. The van der Waals surface area contributed by atoms with E-state index in [0.717, 1.165) is 21.5 Å². The molecular weight excluding hydrogens is 242 g/mol. The van der Waals surface area contributed by atoms with Gasteiger partial charge in [-0.3, -0.25) is 0 Å². The minimum absolute atomic E-state index is 0.856. The van der Waals surface area contributed by atoms with E-state index in [0.29, 0.717) is 0 Å². The molecule has 0 aliphatic rings. The highest BCUT2D eigenvalue weighted by molar-refractivity contribution is 9.10. The zero-order valence-electron chi connectivity index (χ0n) is 7.75. The number of hydrogen-bond acceptors (Lipinski definition) is 1. The average Bonchev–Trinajstić information content (AvgIpc) is 2.70. The highest BCUT2D eigenvalue weighted by Gasteiger charge is 2.08. The first-order valence-electron chi connectivity index (χ1n) is 4.29. The molecule has 14 heavy (non-hydrogen) atoms. The van der Waals surface area contributed by atoms with E-state index in [1.807, 2.05) is 36.5 Å². The number of methoxy groups -OCH3 is 1. The van der Waals surface area contributed by atoms with Crippen LogP contribution < -0.4 is 4.74 Å². The Hall–Kier alpha value is -1.22. The SMILES string of the molecule is COc1c(Br)cccc1-c1ccc[nH]1. The van der Waals surface area contributed by atoms with E-state index in [1.165, 1.54) is 0 Å². The number of aromatic nitrogens is 1. The van der Waals surface area contributed by atoms with Crippen LogP contribution in [0.15, 0.2) is 41.0 Å². The number of aromatic amines is 1. The number of nitrogens with one attached hydrogen (secondary N) is 1. The largest absolute Gasteiger partial charge is 0.495 e. The van der Waals surface area contributed by atoms with Gasteiger partial charge in [0.1, 0.15) is 5.75 Å². The van der Waals surface area contributed by atoms with Crippen LogP contribution in [0.3, 0.4) is 0 Å². The molecule has 2 nitrogen and oxygen atoms in total. The summed E-state index contributed by atoms with van der Waals surface area (Å²) in [6.45, 7) is 0. The second-order valence-corrected chi connectivity index (χ2v) is 3.76. The molecule has 72 valence electrons. The van der Waals surface area contributed by atoms with Gasteiger partial charge in [0.05, 0.1) is 11.6 Å². The minimum Gasteiger partial charge on any atom is -0.495 e. The van der Waals surface area contributed by atoms with Gasteiger partial charge < -0.3 is 9.72 Å². The molecule has 0 saturated carbocycles. The van der Waals surface area contributed by atoms with Crippen molar-refractivity contribution in [1.82, 2.24) is 4.98 Å². The van der Waals surface area contributed by atoms with Gasteiger partial charge >= 0.3 is 0 Å². The van der Waals surface area contributed by atoms with Crippen molar-refractivity contribution >= 4 is 15.9 Å². The van der Waals surface area contributed by atoms with E-state index in [2.05, 4.69) is 20.9 Å². The second-order valence-electron chi connectivity index (χ2n) is 2.90. The van der Waals surface area contributed by atoms with Gasteiger partial charge in [0.15, 0.2) is 0 Å². The van der Waals surface area contributed by atoms with Crippen LogP contribution in [0.2, 0.25) is 0 Å². The Morgan fingerprint density at radius 3 is 2.71 bits per heavy atom. The molecule has 3 heteroatoms. The third-order valence-electron chi connectivity index (χ3n) is 2.06. The van der Waals surface area contributed by atoms with Crippen molar-refractivity contribution in [3.8, 4) is 17.0 Å². The Kier molecular flexibility index (Phi) is 2.59. The number of H-pyrrole nitrogens is 1. The molecule has 1 aromatic heterocycles. The lowest BCUT2D eigenvalue weighted by Gasteiger charge is -2.08. The van der Waals surface area contributed by atoms with Crippen LogP contribution in [0, 0.1) is 0 Å². The van der Waals surface area contributed by atoms with Crippen LogP contribution >= 0.6 is 15.9 Å². The fraction of sp³-hybridized carbons (Fsp3) is 0.0909. The lowest BCUT2D eigenvalue weighted by molar-refractivity contribution is 0.413. The van der Waals surface area contributed by atoms with Gasteiger partial charge in [-0.25, -0.2) is 0 Å². The van der Waals surface area contributed by atoms with Crippen LogP contribution in [0.1, 0.15) is 0 Å². The molecule has 0 saturated heterocycles. The maximum absolute atomic E-state index is 5.33. The predicted molar refractivity (Wildman–Crippen MR) is 60.5 cm³/mol. The Morgan fingerprint density at radius 1 is 1.21 bits per heavy atom. The Balaban J connectivity index is 2.58. The number of para-hydroxylation sites is 1. The number of benzene rings is 1. The molecule has 0 amide bonds. The summed E-state index contributed by atoms with van der Waals surface area (Å²) in [5.41, 5.74) is 2.12. The predicted octanol–water partition coefficient (Wildman–Crippen LogP) is 3.45. The van der Waals surface area contributed by atoms with Gasteiger partial charge in [-0.05, 0) is 40.2 Å². The molecule has 1 heterocycles. The summed E-state index contributed by atoms with van der Waals surface area (Å²) in [5, 5.41) is 0. The summed E-state index contributed by atoms with van der Waals surface area (Å²) in [7, 11) is 1.67. The van der Waals surface area contributed by atoms with E-state index in [9.17, 15) is 0 Å². The van der Waals surface area contributed by atoms with Crippen LogP contribution in [-0.4, -0.2) is 12.1 Å². The summed E-state index contributed by atoms with van der Waals surface area (Å²) in [4.78, 5) is 3.15. The van der Waals surface area contributed by atoms with Crippen molar-refractivity contribution in [2.24, 2.45) is 0 Å². The van der Waals surface area contributed by atoms with Gasteiger partial charge in [-0.15, -0.1) is 0 Å². The number of halogens is 1. The van der Waals surface area contributed by atoms with E-state index in [4.69, 9.17) is 4.74 Å². The molecule has 1 aromatic carbocycles. The third-order valence-corrected chi connectivity index (χ3v) is 2.68. The number of rotatable bonds is 2. The standard InChI is InChI=1S/C11H10BrNO/c1-14-11-8(4-2-5-9(11)12)10-6-3-7-13-10/h2-7,13H,1H3. The van der Waals surface area contributed by atoms with E-state index in [-0.39, 0.29) is 0 Å². The van der Waals surface area contributed by atoms with E-state index < -0.39 is 0 Å². The first kappa shape index (κ1) is 9.34. The minimum atomic E-state index is 0.856. The number of hydrogen-bond donors (Lipinski definition) is 1. The van der Waals surface area contributed by atoms with E-state index >= 15 is 0 Å². The quantitative estimate of drug-likeness (QED) is 0.869. The first-order valence-corrected chi connectivity index (χ1v) is 5.08. The molecule has 0 unspecified atom stereocenters. The fourth-order valence-corrected chi connectivity index (χ4v) is 1.95. The Morgan fingerprint density at radius 2 is 2.07 bits per heavy atom. The third kappa shape index (κ3) is 1.55. The second kappa shape index (κ2) is 3.88. The van der Waals surface area contributed by atoms with Gasteiger partial charge in [-0.1, -0.05) is 6.07 Å². The van der Waals surface area contributed by atoms with Crippen molar-refractivity contribution in [3.05, 3.63) is 41.0 Å². The van der Waals surface area contributed by atoms with Gasteiger partial charge in [0.2, 0.25) is 0 Å². The fourth-order valence-electron chi connectivity index (χ4n) is 1.43. The molecule has 0 aliphatic carbocycles. The average molecular weight is 252 g/mol. The molecule has 0 fully saturated rings. The van der Waals surface area contributed by atoms with Crippen molar-refractivity contribution in [2.45, 2.75) is 0 Å².